The Balaban J connectivity index is 1.16. The van der Waals surface area contributed by atoms with Crippen molar-refractivity contribution in [2.75, 3.05) is 0 Å². The molecule has 53 heavy (non-hydrogen) atoms. The van der Waals surface area contributed by atoms with Crippen LogP contribution in [0.5, 0.6) is 0 Å². The molecule has 0 radical (unpaired) electrons. The van der Waals surface area contributed by atoms with Crippen molar-refractivity contribution in [3.05, 3.63) is 203 Å². The second-order valence-electron chi connectivity index (χ2n) is 14.3. The average molecular weight is 675 g/mol. The van der Waals surface area contributed by atoms with Crippen LogP contribution in [0.4, 0.5) is 0 Å². The van der Waals surface area contributed by atoms with E-state index in [0.29, 0.717) is 0 Å². The van der Waals surface area contributed by atoms with Crippen LogP contribution in [0.1, 0.15) is 33.4 Å². The fraction of sp³-hybridized carbons (Fsp3) is 0.0200. The molecule has 3 heterocycles. The Morgan fingerprint density at radius 3 is 2.09 bits per heavy atom. The molecular formula is C50H30N2O. The van der Waals surface area contributed by atoms with Gasteiger partial charge in [-0.25, -0.2) is 4.98 Å². The molecule has 3 nitrogen and oxygen atoms in total. The van der Waals surface area contributed by atoms with Gasteiger partial charge in [-0.1, -0.05) is 127 Å². The first-order valence-electron chi connectivity index (χ1n) is 18.2. The van der Waals surface area contributed by atoms with Gasteiger partial charge in [0.1, 0.15) is 16.8 Å². The molecule has 1 atom stereocenters. The van der Waals surface area contributed by atoms with E-state index in [2.05, 4.69) is 174 Å². The first-order valence-corrected chi connectivity index (χ1v) is 18.2. The third kappa shape index (κ3) is 3.80. The lowest BCUT2D eigenvalue weighted by atomic mass is 9.65. The van der Waals surface area contributed by atoms with Gasteiger partial charge >= 0.3 is 0 Å². The summed E-state index contributed by atoms with van der Waals surface area (Å²) in [5, 5.41) is 4.62. The highest BCUT2D eigenvalue weighted by molar-refractivity contribution is 6.10. The Kier molecular flexibility index (Phi) is 5.70. The van der Waals surface area contributed by atoms with Gasteiger partial charge in [-0.15, -0.1) is 0 Å². The standard InChI is InChI=1S/C50H30N2O/c1-2-13-35(14-3-1)52-46-20-10-6-16-37(46)41-26-34(30-51-49(41)52)33-25-24-32-23-22-31-12-4-8-18-42(31)50(44(32)27-33)43-19-9-5-15-36(43)39-29-48-40(28-45(39)50)38-17-7-11-21-47(38)53-48/h1-30H. The minimum absolute atomic E-state index is 0.565. The van der Waals surface area contributed by atoms with Gasteiger partial charge < -0.3 is 4.42 Å². The molecule has 12 rings (SSSR count). The van der Waals surface area contributed by atoms with Gasteiger partial charge in [0.15, 0.2) is 0 Å². The topological polar surface area (TPSA) is 31.0 Å². The van der Waals surface area contributed by atoms with Gasteiger partial charge in [-0.3, -0.25) is 4.57 Å². The lowest BCUT2D eigenvalue weighted by Gasteiger charge is -2.35. The number of fused-ring (bicyclic) bond motifs is 15. The molecule has 0 fully saturated rings. The van der Waals surface area contributed by atoms with E-state index in [4.69, 9.17) is 9.40 Å². The molecule has 0 N–H and O–H groups in total. The second-order valence-corrected chi connectivity index (χ2v) is 14.3. The van der Waals surface area contributed by atoms with E-state index < -0.39 is 5.41 Å². The number of furan rings is 1. The molecule has 2 aliphatic carbocycles. The zero-order valence-electron chi connectivity index (χ0n) is 28.6. The summed E-state index contributed by atoms with van der Waals surface area (Å²) in [4.78, 5) is 5.19. The molecule has 10 aromatic rings. The Hall–Kier alpha value is -6.97. The number of pyridine rings is 1. The van der Waals surface area contributed by atoms with Crippen molar-refractivity contribution in [3.63, 3.8) is 0 Å². The quantitative estimate of drug-likeness (QED) is 0.183. The molecule has 7 aromatic carbocycles. The van der Waals surface area contributed by atoms with E-state index in [1.165, 1.54) is 49.9 Å². The van der Waals surface area contributed by atoms with Crippen molar-refractivity contribution in [3.8, 4) is 27.9 Å². The summed E-state index contributed by atoms with van der Waals surface area (Å²) in [7, 11) is 0. The summed E-state index contributed by atoms with van der Waals surface area (Å²) in [6, 6.07) is 59.5. The number of nitrogens with zero attached hydrogens (tertiary/aromatic N) is 2. The number of aromatic nitrogens is 2. The maximum atomic E-state index is 6.48. The van der Waals surface area contributed by atoms with Crippen molar-refractivity contribution in [1.82, 2.24) is 9.55 Å². The van der Waals surface area contributed by atoms with Gasteiger partial charge in [0.2, 0.25) is 0 Å². The van der Waals surface area contributed by atoms with Crippen LogP contribution < -0.4 is 0 Å². The van der Waals surface area contributed by atoms with E-state index in [9.17, 15) is 0 Å². The number of para-hydroxylation sites is 3. The maximum Gasteiger partial charge on any atom is 0.145 e. The third-order valence-corrected chi connectivity index (χ3v) is 11.7. The van der Waals surface area contributed by atoms with Crippen molar-refractivity contribution in [2.45, 2.75) is 5.41 Å². The summed E-state index contributed by atoms with van der Waals surface area (Å²) in [5.41, 5.74) is 16.7. The molecule has 0 bridgehead atoms. The van der Waals surface area contributed by atoms with Crippen LogP contribution in [-0.2, 0) is 5.41 Å². The van der Waals surface area contributed by atoms with Crippen LogP contribution in [0.15, 0.2) is 174 Å². The summed E-state index contributed by atoms with van der Waals surface area (Å²) in [5.74, 6) is 0. The minimum Gasteiger partial charge on any atom is -0.456 e. The van der Waals surface area contributed by atoms with Crippen LogP contribution >= 0.6 is 0 Å². The highest BCUT2D eigenvalue weighted by Crippen LogP contribution is 2.60. The molecule has 1 spiro atoms. The summed E-state index contributed by atoms with van der Waals surface area (Å²) >= 11 is 0. The van der Waals surface area contributed by atoms with Gasteiger partial charge in [0.05, 0.1) is 10.9 Å². The average Bonchev–Trinajstić information content (AvgIpc) is 3.81. The van der Waals surface area contributed by atoms with Crippen molar-refractivity contribution < 1.29 is 4.42 Å². The summed E-state index contributed by atoms with van der Waals surface area (Å²) in [6.07, 6.45) is 6.64. The minimum atomic E-state index is -0.565. The van der Waals surface area contributed by atoms with Crippen molar-refractivity contribution >= 4 is 56.0 Å². The zero-order valence-corrected chi connectivity index (χ0v) is 28.6. The van der Waals surface area contributed by atoms with E-state index >= 15 is 0 Å². The lowest BCUT2D eigenvalue weighted by Crippen LogP contribution is -2.30. The van der Waals surface area contributed by atoms with Crippen LogP contribution in [0.25, 0.3) is 84.0 Å². The van der Waals surface area contributed by atoms with E-state index in [1.807, 2.05) is 12.3 Å². The molecule has 0 saturated heterocycles. The Morgan fingerprint density at radius 2 is 1.19 bits per heavy atom. The van der Waals surface area contributed by atoms with Crippen LogP contribution in [-0.4, -0.2) is 9.55 Å². The normalized spacial score (nSPS) is 15.5. The summed E-state index contributed by atoms with van der Waals surface area (Å²) < 4.78 is 8.76. The fourth-order valence-electron chi connectivity index (χ4n) is 9.43. The number of benzene rings is 7. The molecule has 0 aliphatic heterocycles. The van der Waals surface area contributed by atoms with E-state index in [0.717, 1.165) is 55.3 Å². The molecule has 3 aromatic heterocycles. The number of rotatable bonds is 2. The monoisotopic (exact) mass is 674 g/mol. The number of hydrogen-bond acceptors (Lipinski definition) is 2. The second kappa shape index (κ2) is 10.5. The molecule has 0 saturated carbocycles. The fourth-order valence-corrected chi connectivity index (χ4v) is 9.43. The number of hydrogen-bond donors (Lipinski definition) is 0. The van der Waals surface area contributed by atoms with Crippen LogP contribution in [0, 0.1) is 0 Å². The molecule has 0 amide bonds. The van der Waals surface area contributed by atoms with Gasteiger partial charge in [-0.05, 0) is 98.6 Å². The largest absolute Gasteiger partial charge is 0.456 e. The Morgan fingerprint density at radius 1 is 0.453 bits per heavy atom. The smallest absolute Gasteiger partial charge is 0.145 e. The lowest BCUT2D eigenvalue weighted by molar-refractivity contribution is 0.668. The van der Waals surface area contributed by atoms with Crippen LogP contribution in [0.3, 0.4) is 0 Å². The van der Waals surface area contributed by atoms with Crippen molar-refractivity contribution in [1.29, 1.82) is 0 Å². The molecular weight excluding hydrogens is 645 g/mol. The van der Waals surface area contributed by atoms with Gasteiger partial charge in [0, 0.05) is 39.0 Å². The molecule has 246 valence electrons. The molecule has 2 aliphatic rings. The highest BCUT2D eigenvalue weighted by Gasteiger charge is 2.49. The third-order valence-electron chi connectivity index (χ3n) is 11.7. The van der Waals surface area contributed by atoms with Crippen molar-refractivity contribution in [2.24, 2.45) is 0 Å². The molecule has 3 heteroatoms. The van der Waals surface area contributed by atoms with Gasteiger partial charge in [-0.2, -0.15) is 0 Å². The highest BCUT2D eigenvalue weighted by atomic mass is 16.3. The maximum absolute atomic E-state index is 6.48. The molecule has 1 unspecified atom stereocenters. The summed E-state index contributed by atoms with van der Waals surface area (Å²) in [6.45, 7) is 0. The van der Waals surface area contributed by atoms with Gasteiger partial charge in [0.25, 0.3) is 0 Å². The first kappa shape index (κ1) is 28.7. The first-order chi connectivity index (χ1) is 26.3. The van der Waals surface area contributed by atoms with E-state index in [1.54, 1.807) is 0 Å². The van der Waals surface area contributed by atoms with E-state index in [-0.39, 0.29) is 0 Å². The zero-order chi connectivity index (χ0) is 34.7. The predicted molar refractivity (Wildman–Crippen MR) is 218 cm³/mol. The Labute approximate surface area is 305 Å². The van der Waals surface area contributed by atoms with Crippen LogP contribution in [0.2, 0.25) is 0 Å². The SMILES string of the molecule is C1=Cc2ccc(-c3cnc4c(c3)c3ccccc3n4-c3ccccc3)cc2C2(c3ccccc31)c1ccccc1-c1cc3oc4ccccc4c3cc12. The predicted octanol–water partition coefficient (Wildman–Crippen LogP) is 12.6. The Bertz CT molecular complexity index is 3180.